The van der Waals surface area contributed by atoms with Crippen molar-refractivity contribution in [2.24, 2.45) is 30.7 Å². The van der Waals surface area contributed by atoms with Crippen molar-refractivity contribution in [3.63, 3.8) is 0 Å². The summed E-state index contributed by atoms with van der Waals surface area (Å²) < 4.78 is 43.2. The molecule has 2 N–H and O–H groups in total. The first-order valence-electron chi connectivity index (χ1n) is 15.7. The van der Waals surface area contributed by atoms with Gasteiger partial charge in [0, 0.05) is 43.5 Å². The van der Waals surface area contributed by atoms with Gasteiger partial charge in [0.1, 0.15) is 11.3 Å². The predicted molar refractivity (Wildman–Crippen MR) is 164 cm³/mol. The number of benzene rings is 1. The lowest BCUT2D eigenvalue weighted by Crippen LogP contribution is -2.55. The molecule has 4 aliphatic carbocycles. The topological polar surface area (TPSA) is 143 Å². The highest BCUT2D eigenvalue weighted by Crippen LogP contribution is 2.53. The van der Waals surface area contributed by atoms with Crippen LogP contribution in [0.25, 0.3) is 16.6 Å². The summed E-state index contributed by atoms with van der Waals surface area (Å²) >= 11 is 0. The quantitative estimate of drug-likeness (QED) is 0.337. The Morgan fingerprint density at radius 1 is 1.09 bits per heavy atom. The van der Waals surface area contributed by atoms with Crippen molar-refractivity contribution in [1.29, 1.82) is 0 Å². The zero-order valence-corrected chi connectivity index (χ0v) is 26.3. The Kier molecular flexibility index (Phi) is 7.71. The smallest absolute Gasteiger partial charge is 0.247 e. The van der Waals surface area contributed by atoms with Crippen LogP contribution in [0.15, 0.2) is 47.5 Å². The third kappa shape index (κ3) is 5.99. The number of aryl methyl sites for hydroxylation is 2. The minimum Gasteiger partial charge on any atom is -0.367 e. The van der Waals surface area contributed by atoms with Crippen molar-refractivity contribution < 1.29 is 22.7 Å². The molecule has 4 fully saturated rings. The molecule has 1 unspecified atom stereocenters. The summed E-state index contributed by atoms with van der Waals surface area (Å²) in [4.78, 5) is 22.7. The highest BCUT2D eigenvalue weighted by Gasteiger charge is 2.48. The lowest BCUT2D eigenvalue weighted by atomic mass is 9.54. The van der Waals surface area contributed by atoms with E-state index in [0.717, 1.165) is 34.5 Å². The average Bonchev–Trinajstić information content (AvgIpc) is 3.36. The summed E-state index contributed by atoms with van der Waals surface area (Å²) in [5.74, 6) is 1.58. The average molecular weight is 636 g/mol. The molecule has 13 heteroatoms. The summed E-state index contributed by atoms with van der Waals surface area (Å²) in [6.07, 6.45) is 7.62. The molecule has 0 saturated heterocycles. The Bertz CT molecular complexity index is 1790. The molecule has 1 aromatic carbocycles. The number of aliphatic hydroxyl groups is 1. The van der Waals surface area contributed by atoms with E-state index >= 15 is 0 Å². The fraction of sp³-hybridized carbons (Fsp3) is 0.531. The first-order valence-corrected chi connectivity index (χ1v) is 17.4. The number of carbonyl (C=O) groups excluding carboxylic acids is 1. The van der Waals surface area contributed by atoms with E-state index < -0.39 is 21.9 Å². The van der Waals surface area contributed by atoms with Gasteiger partial charge in [-0.15, -0.1) is 5.10 Å². The minimum absolute atomic E-state index is 0.0982. The number of aliphatic hydroxyl groups excluding tert-OH is 1. The first-order chi connectivity index (χ1) is 21.5. The molecule has 11 nitrogen and oxygen atoms in total. The Balaban J connectivity index is 1.02. The Morgan fingerprint density at radius 2 is 1.82 bits per heavy atom. The molecular weight excluding hydrogens is 597 g/mol. The van der Waals surface area contributed by atoms with E-state index in [1.807, 2.05) is 18.2 Å². The molecule has 238 valence electrons. The molecule has 4 bridgehead atoms. The first kappa shape index (κ1) is 30.0. The molecule has 4 saturated carbocycles. The van der Waals surface area contributed by atoms with Gasteiger partial charge in [-0.25, -0.2) is 27.5 Å². The molecule has 45 heavy (non-hydrogen) atoms. The van der Waals surface area contributed by atoms with Crippen LogP contribution in [0.3, 0.4) is 0 Å². The fourth-order valence-electron chi connectivity index (χ4n) is 8.09. The Labute approximate surface area is 261 Å². The van der Waals surface area contributed by atoms with Gasteiger partial charge in [-0.3, -0.25) is 4.79 Å². The standard InChI is InChI=1S/C32H38FN7O4S/c1-18-8-27(24-15-25(33)31(42)40(17-24)16-19-5-6-26-28(14-19)39(2)38-37-26)35-32(34-18)45(43,44)7-3-4-29(41)36-30-22-10-20-9-21(12-22)13-23(30)11-20/h5-6,8,14-15,17,20-23,30-31,42H,3-4,7,9-13,16H2,1-2H3,(H,36,41). The van der Waals surface area contributed by atoms with Crippen molar-refractivity contribution in [1.82, 2.24) is 35.2 Å². The maximum Gasteiger partial charge on any atom is 0.247 e. The lowest BCUT2D eigenvalue weighted by Gasteiger charge is -2.54. The van der Waals surface area contributed by atoms with Crippen molar-refractivity contribution >= 4 is 32.4 Å². The van der Waals surface area contributed by atoms with Crippen LogP contribution in [-0.2, 0) is 28.2 Å². The van der Waals surface area contributed by atoms with Gasteiger partial charge in [-0.1, -0.05) is 11.3 Å². The molecule has 1 amide bonds. The summed E-state index contributed by atoms with van der Waals surface area (Å²) in [5.41, 5.74) is 3.24. The molecular formula is C32H38FN7O4S. The summed E-state index contributed by atoms with van der Waals surface area (Å²) in [6.45, 7) is 1.82. The van der Waals surface area contributed by atoms with E-state index in [1.165, 1.54) is 37.0 Å². The van der Waals surface area contributed by atoms with Gasteiger partial charge in [0.2, 0.25) is 20.9 Å². The number of fused-ring (bicyclic) bond motifs is 1. The van der Waals surface area contributed by atoms with Crippen LogP contribution in [0.1, 0.15) is 61.9 Å². The van der Waals surface area contributed by atoms with Gasteiger partial charge >= 0.3 is 0 Å². The van der Waals surface area contributed by atoms with Gasteiger partial charge < -0.3 is 15.3 Å². The molecule has 5 aliphatic rings. The molecule has 1 aliphatic heterocycles. The predicted octanol–water partition coefficient (Wildman–Crippen LogP) is 3.59. The second-order valence-corrected chi connectivity index (χ2v) is 15.3. The molecule has 1 atom stereocenters. The van der Waals surface area contributed by atoms with Gasteiger partial charge in [0.25, 0.3) is 0 Å². The van der Waals surface area contributed by atoms with Crippen molar-refractivity contribution in [2.45, 2.75) is 75.8 Å². The molecule has 8 rings (SSSR count). The number of allylic oxidation sites excluding steroid dienone is 2. The Morgan fingerprint density at radius 3 is 2.56 bits per heavy atom. The number of halogens is 1. The lowest BCUT2D eigenvalue weighted by molar-refractivity contribution is -0.125. The van der Waals surface area contributed by atoms with Crippen LogP contribution in [-0.4, -0.2) is 67.3 Å². The van der Waals surface area contributed by atoms with E-state index in [2.05, 4.69) is 25.6 Å². The summed E-state index contributed by atoms with van der Waals surface area (Å²) in [6, 6.07) is 7.30. The van der Waals surface area contributed by atoms with E-state index in [9.17, 15) is 22.7 Å². The maximum absolute atomic E-state index is 15.0. The Hall–Kier alpha value is -3.71. The number of sulfone groups is 1. The summed E-state index contributed by atoms with van der Waals surface area (Å²) in [5, 5.41) is 21.5. The van der Waals surface area contributed by atoms with E-state index in [1.54, 1.807) is 30.9 Å². The highest BCUT2D eigenvalue weighted by atomic mass is 32.2. The molecule has 0 radical (unpaired) electrons. The van der Waals surface area contributed by atoms with E-state index in [-0.39, 0.29) is 47.9 Å². The van der Waals surface area contributed by atoms with Crippen LogP contribution in [0.2, 0.25) is 0 Å². The summed E-state index contributed by atoms with van der Waals surface area (Å²) in [7, 11) is -2.14. The van der Waals surface area contributed by atoms with Gasteiger partial charge in [0.05, 0.1) is 17.0 Å². The molecule has 3 heterocycles. The number of hydrogen-bond acceptors (Lipinski definition) is 9. The fourth-order valence-corrected chi connectivity index (χ4v) is 9.31. The maximum atomic E-state index is 15.0. The SMILES string of the molecule is Cc1cc(C2=CN(Cc3ccc4nnn(C)c4c3)C(O)C(F)=C2)nc(S(=O)(=O)CCCC(=O)NC2C3CC4CC(C3)CC2C4)n1. The van der Waals surface area contributed by atoms with Crippen LogP contribution in [0.4, 0.5) is 4.39 Å². The van der Waals surface area contributed by atoms with Gasteiger partial charge in [-0.2, -0.15) is 0 Å². The second kappa shape index (κ2) is 11.6. The number of nitrogens with one attached hydrogen (secondary N) is 1. The van der Waals surface area contributed by atoms with Crippen molar-refractivity contribution in [2.75, 3.05) is 5.75 Å². The number of rotatable bonds is 9. The third-order valence-corrected chi connectivity index (χ3v) is 11.5. The molecule has 2 aromatic heterocycles. The minimum atomic E-state index is -3.92. The zero-order valence-electron chi connectivity index (χ0n) is 25.4. The number of amides is 1. The van der Waals surface area contributed by atoms with E-state index in [4.69, 9.17) is 0 Å². The van der Waals surface area contributed by atoms with Crippen LogP contribution >= 0.6 is 0 Å². The largest absolute Gasteiger partial charge is 0.367 e. The second-order valence-electron chi connectivity index (χ2n) is 13.3. The monoisotopic (exact) mass is 635 g/mol. The number of aromatic nitrogens is 5. The highest BCUT2D eigenvalue weighted by molar-refractivity contribution is 7.91. The van der Waals surface area contributed by atoms with Crippen molar-refractivity contribution in [3.05, 3.63) is 59.3 Å². The van der Waals surface area contributed by atoms with Gasteiger partial charge in [-0.05, 0) is 99.0 Å². The number of nitrogens with zero attached hydrogens (tertiary/aromatic N) is 6. The number of carbonyl (C=O) groups is 1. The number of hydrogen-bond donors (Lipinski definition) is 2. The van der Waals surface area contributed by atoms with Crippen molar-refractivity contribution in [3.8, 4) is 0 Å². The normalized spacial score (nSPS) is 27.5. The molecule has 0 spiro atoms. The third-order valence-electron chi connectivity index (χ3n) is 9.98. The molecule has 3 aromatic rings. The van der Waals surface area contributed by atoms with Crippen LogP contribution < -0.4 is 5.32 Å². The van der Waals surface area contributed by atoms with Crippen LogP contribution in [0, 0.1) is 30.6 Å². The van der Waals surface area contributed by atoms with E-state index in [0.29, 0.717) is 23.1 Å². The van der Waals surface area contributed by atoms with Gasteiger partial charge in [0.15, 0.2) is 6.23 Å². The zero-order chi connectivity index (χ0) is 31.5. The van der Waals surface area contributed by atoms with Crippen LogP contribution in [0.5, 0.6) is 0 Å².